The van der Waals surface area contributed by atoms with E-state index in [9.17, 15) is 4.39 Å². The van der Waals surface area contributed by atoms with Gasteiger partial charge in [-0.05, 0) is 52.3 Å². The minimum atomic E-state index is -1.71. The van der Waals surface area contributed by atoms with Crippen molar-refractivity contribution in [2.75, 3.05) is 6.61 Å². The number of rotatable bonds is 4. The lowest BCUT2D eigenvalue weighted by Crippen LogP contribution is -2.41. The van der Waals surface area contributed by atoms with Gasteiger partial charge in [-0.25, -0.2) is 4.39 Å². The number of benzene rings is 1. The fraction of sp³-hybridized carbons (Fsp3) is 0.500. The third kappa shape index (κ3) is 3.41. The Morgan fingerprint density at radius 3 is 2.52 bits per heavy atom. The van der Waals surface area contributed by atoms with Crippen molar-refractivity contribution in [3.8, 4) is 0 Å². The quantitative estimate of drug-likeness (QED) is 0.641. The summed E-state index contributed by atoms with van der Waals surface area (Å²) in [4.78, 5) is 0. The zero-order chi connectivity index (χ0) is 15.8. The second kappa shape index (κ2) is 5.86. The Kier molecular flexibility index (Phi) is 4.66. The molecule has 0 N–H and O–H groups in total. The van der Waals surface area contributed by atoms with Crippen molar-refractivity contribution in [2.45, 2.75) is 45.4 Å². The molecule has 0 radical (unpaired) electrons. The van der Waals surface area contributed by atoms with Crippen LogP contribution in [0.15, 0.2) is 28.9 Å². The van der Waals surface area contributed by atoms with E-state index < -0.39 is 8.32 Å². The fourth-order valence-corrected chi connectivity index (χ4v) is 3.52. The lowest BCUT2D eigenvalue weighted by molar-refractivity contribution is 0.273. The third-order valence-corrected chi connectivity index (χ3v) is 9.79. The molecule has 0 aliphatic carbocycles. The van der Waals surface area contributed by atoms with Crippen LogP contribution in [0, 0.1) is 5.82 Å². The average molecular weight is 372 g/mol. The summed E-state index contributed by atoms with van der Waals surface area (Å²) in [5.74, 6) is -0.224. The SMILES string of the molecule is CC(C)(C)[Si](C)(C)OCCn1ccc2c(Br)c(F)ccc21. The van der Waals surface area contributed by atoms with E-state index in [0.29, 0.717) is 11.1 Å². The summed E-state index contributed by atoms with van der Waals surface area (Å²) in [5.41, 5.74) is 1.03. The van der Waals surface area contributed by atoms with Crippen molar-refractivity contribution in [1.29, 1.82) is 0 Å². The average Bonchev–Trinajstić information content (AvgIpc) is 2.76. The molecular weight excluding hydrogens is 349 g/mol. The fourth-order valence-electron chi connectivity index (χ4n) is 2.02. The lowest BCUT2D eigenvalue weighted by atomic mass is 10.2. The van der Waals surface area contributed by atoms with Crippen molar-refractivity contribution < 1.29 is 8.82 Å². The Labute approximate surface area is 135 Å². The Morgan fingerprint density at radius 2 is 1.90 bits per heavy atom. The zero-order valence-corrected chi connectivity index (χ0v) is 15.9. The Morgan fingerprint density at radius 1 is 1.24 bits per heavy atom. The van der Waals surface area contributed by atoms with Crippen molar-refractivity contribution >= 4 is 35.2 Å². The minimum Gasteiger partial charge on any atom is -0.415 e. The van der Waals surface area contributed by atoms with E-state index in [1.165, 1.54) is 6.07 Å². The topological polar surface area (TPSA) is 14.2 Å². The maximum Gasteiger partial charge on any atom is 0.192 e. The molecule has 0 unspecified atom stereocenters. The van der Waals surface area contributed by atoms with Crippen LogP contribution in [0.2, 0.25) is 18.1 Å². The van der Waals surface area contributed by atoms with E-state index in [0.717, 1.165) is 17.4 Å². The molecule has 0 saturated carbocycles. The molecule has 2 aromatic rings. The maximum atomic E-state index is 13.5. The normalized spacial score (nSPS) is 13.1. The summed E-state index contributed by atoms with van der Waals surface area (Å²) >= 11 is 3.31. The Hall–Kier alpha value is -0.653. The van der Waals surface area contributed by atoms with Crippen LogP contribution in [0.3, 0.4) is 0 Å². The van der Waals surface area contributed by atoms with E-state index in [1.54, 1.807) is 0 Å². The van der Waals surface area contributed by atoms with E-state index >= 15 is 0 Å². The summed E-state index contributed by atoms with van der Waals surface area (Å²) < 4.78 is 22.4. The van der Waals surface area contributed by atoms with Crippen molar-refractivity contribution in [3.05, 3.63) is 34.7 Å². The van der Waals surface area contributed by atoms with Gasteiger partial charge in [0.2, 0.25) is 0 Å². The summed E-state index contributed by atoms with van der Waals surface area (Å²) in [6.07, 6.45) is 1.99. The molecule has 116 valence electrons. The second-order valence-corrected chi connectivity index (χ2v) is 12.5. The van der Waals surface area contributed by atoms with Crippen LogP contribution in [0.4, 0.5) is 4.39 Å². The van der Waals surface area contributed by atoms with Gasteiger partial charge < -0.3 is 8.99 Å². The van der Waals surface area contributed by atoms with Gasteiger partial charge in [0.1, 0.15) is 5.82 Å². The van der Waals surface area contributed by atoms with Crippen molar-refractivity contribution in [3.63, 3.8) is 0 Å². The van der Waals surface area contributed by atoms with Crippen LogP contribution in [0.5, 0.6) is 0 Å². The Balaban J connectivity index is 2.10. The molecule has 5 heteroatoms. The van der Waals surface area contributed by atoms with Gasteiger partial charge in [-0.1, -0.05) is 20.8 Å². The molecule has 0 fully saturated rings. The molecule has 0 saturated heterocycles. The van der Waals surface area contributed by atoms with Gasteiger partial charge in [0.25, 0.3) is 0 Å². The second-order valence-electron chi connectivity index (χ2n) is 6.91. The monoisotopic (exact) mass is 371 g/mol. The number of fused-ring (bicyclic) bond motifs is 1. The smallest absolute Gasteiger partial charge is 0.192 e. The summed E-state index contributed by atoms with van der Waals surface area (Å²) in [5, 5.41) is 1.13. The highest BCUT2D eigenvalue weighted by atomic mass is 79.9. The highest BCUT2D eigenvalue weighted by Gasteiger charge is 2.36. The first-order chi connectivity index (χ1) is 9.63. The molecule has 1 aromatic carbocycles. The van der Waals surface area contributed by atoms with Gasteiger partial charge in [-0.15, -0.1) is 0 Å². The zero-order valence-electron chi connectivity index (χ0n) is 13.3. The highest BCUT2D eigenvalue weighted by molar-refractivity contribution is 9.10. The van der Waals surface area contributed by atoms with E-state index in [-0.39, 0.29) is 10.9 Å². The third-order valence-electron chi connectivity index (χ3n) is 4.44. The first kappa shape index (κ1) is 16.7. The molecule has 0 bridgehead atoms. The molecule has 0 aliphatic rings. The van der Waals surface area contributed by atoms with E-state index in [4.69, 9.17) is 4.43 Å². The molecule has 0 amide bonds. The van der Waals surface area contributed by atoms with Crippen LogP contribution in [0.1, 0.15) is 20.8 Å². The molecule has 0 spiro atoms. The summed E-state index contributed by atoms with van der Waals surface area (Å²) in [6.45, 7) is 12.7. The number of aromatic nitrogens is 1. The van der Waals surface area contributed by atoms with E-state index in [1.807, 2.05) is 18.3 Å². The van der Waals surface area contributed by atoms with Crippen LogP contribution >= 0.6 is 15.9 Å². The van der Waals surface area contributed by atoms with Crippen LogP contribution < -0.4 is 0 Å². The van der Waals surface area contributed by atoms with Crippen molar-refractivity contribution in [2.24, 2.45) is 0 Å². The van der Waals surface area contributed by atoms with Gasteiger partial charge in [0, 0.05) is 23.6 Å². The lowest BCUT2D eigenvalue weighted by Gasteiger charge is -2.36. The molecule has 1 aromatic heterocycles. The van der Waals surface area contributed by atoms with Gasteiger partial charge >= 0.3 is 0 Å². The number of hydrogen-bond donors (Lipinski definition) is 0. The minimum absolute atomic E-state index is 0.220. The molecule has 0 aliphatic heterocycles. The molecular formula is C16H23BrFNOSi. The predicted molar refractivity (Wildman–Crippen MR) is 92.7 cm³/mol. The van der Waals surface area contributed by atoms with Crippen LogP contribution in [-0.2, 0) is 11.0 Å². The van der Waals surface area contributed by atoms with Crippen LogP contribution in [-0.4, -0.2) is 19.5 Å². The standard InChI is InChI=1S/C16H23BrFNOSi/c1-16(2,3)21(4,5)20-11-10-19-9-8-12-14(19)7-6-13(18)15(12)17/h6-9H,10-11H2,1-5H3. The Bertz CT molecular complexity index is 645. The van der Waals surface area contributed by atoms with Crippen LogP contribution in [0.25, 0.3) is 10.9 Å². The largest absolute Gasteiger partial charge is 0.415 e. The van der Waals surface area contributed by atoms with Gasteiger partial charge in [-0.3, -0.25) is 0 Å². The highest BCUT2D eigenvalue weighted by Crippen LogP contribution is 2.36. The summed E-state index contributed by atoms with van der Waals surface area (Å²) in [7, 11) is -1.71. The molecule has 2 nitrogen and oxygen atoms in total. The molecule has 2 rings (SSSR count). The summed E-state index contributed by atoms with van der Waals surface area (Å²) in [6, 6.07) is 5.26. The number of nitrogens with zero attached hydrogens (tertiary/aromatic N) is 1. The predicted octanol–water partition coefficient (Wildman–Crippen LogP) is 5.56. The van der Waals surface area contributed by atoms with Gasteiger partial charge in [0.05, 0.1) is 11.1 Å². The van der Waals surface area contributed by atoms with Gasteiger partial charge in [0.15, 0.2) is 8.32 Å². The number of hydrogen-bond acceptors (Lipinski definition) is 1. The van der Waals surface area contributed by atoms with E-state index in [2.05, 4.69) is 54.4 Å². The number of halogens is 2. The molecule has 21 heavy (non-hydrogen) atoms. The molecule has 1 heterocycles. The van der Waals surface area contributed by atoms with Gasteiger partial charge in [-0.2, -0.15) is 0 Å². The molecule has 0 atom stereocenters. The first-order valence-electron chi connectivity index (χ1n) is 7.20. The maximum absolute atomic E-state index is 13.5. The first-order valence-corrected chi connectivity index (χ1v) is 10.9. The van der Waals surface area contributed by atoms with Crippen molar-refractivity contribution in [1.82, 2.24) is 4.57 Å².